The van der Waals surface area contributed by atoms with Crippen LogP contribution in [0.3, 0.4) is 0 Å². The topological polar surface area (TPSA) is 42.0 Å². The summed E-state index contributed by atoms with van der Waals surface area (Å²) in [6, 6.07) is 11.4. The maximum atomic E-state index is 12.6. The van der Waals surface area contributed by atoms with Crippen LogP contribution in [-0.2, 0) is 11.2 Å². The second kappa shape index (κ2) is 7.95. The number of rotatable bonds is 6. The van der Waals surface area contributed by atoms with E-state index in [0.717, 1.165) is 11.1 Å². The molecule has 2 aromatic rings. The Morgan fingerprint density at radius 3 is 2.55 bits per heavy atom. The molecule has 0 aliphatic rings. The Morgan fingerprint density at radius 2 is 1.95 bits per heavy atom. The zero-order valence-electron chi connectivity index (χ0n) is 12.9. The average molecular weight is 317 g/mol. The lowest BCUT2D eigenvalue weighted by Gasteiger charge is -2.18. The minimum Gasteiger partial charge on any atom is -0.355 e. The smallest absolute Gasteiger partial charge is 0.227 e. The zero-order valence-corrected chi connectivity index (χ0v) is 13.7. The highest BCUT2D eigenvalue weighted by Gasteiger charge is 2.21. The zero-order chi connectivity index (χ0) is 15.9. The van der Waals surface area contributed by atoms with Crippen LogP contribution < -0.4 is 5.32 Å². The first-order valence-electron chi connectivity index (χ1n) is 7.48. The lowest BCUT2D eigenvalue weighted by Crippen LogP contribution is -2.33. The van der Waals surface area contributed by atoms with Crippen molar-refractivity contribution in [3.8, 4) is 0 Å². The van der Waals surface area contributed by atoms with Crippen molar-refractivity contribution >= 4 is 17.5 Å². The number of aromatic nitrogens is 1. The predicted molar refractivity (Wildman–Crippen MR) is 90.0 cm³/mol. The van der Waals surface area contributed by atoms with Crippen molar-refractivity contribution in [2.24, 2.45) is 5.92 Å². The van der Waals surface area contributed by atoms with Gasteiger partial charge < -0.3 is 5.32 Å². The maximum absolute atomic E-state index is 12.6. The Morgan fingerprint density at radius 1 is 1.23 bits per heavy atom. The fourth-order valence-electron chi connectivity index (χ4n) is 2.24. The third-order valence-electron chi connectivity index (χ3n) is 3.44. The highest BCUT2D eigenvalue weighted by molar-refractivity contribution is 6.30. The van der Waals surface area contributed by atoms with Gasteiger partial charge in [0.1, 0.15) is 0 Å². The molecular formula is C18H21ClN2O. The Bertz CT molecular complexity index is 596. The first-order valence-corrected chi connectivity index (χ1v) is 7.86. The summed E-state index contributed by atoms with van der Waals surface area (Å²) in [7, 11) is 0. The third-order valence-corrected chi connectivity index (χ3v) is 3.69. The van der Waals surface area contributed by atoms with Crippen molar-refractivity contribution in [1.29, 1.82) is 0 Å². The fourth-order valence-corrected chi connectivity index (χ4v) is 2.37. The van der Waals surface area contributed by atoms with Gasteiger partial charge in [-0.2, -0.15) is 0 Å². The van der Waals surface area contributed by atoms with Crippen LogP contribution in [0.15, 0.2) is 48.8 Å². The van der Waals surface area contributed by atoms with E-state index in [-0.39, 0.29) is 11.8 Å². The molecule has 0 bridgehead atoms. The SMILES string of the molecule is CC(C)CNC(=O)C(Cc1cccnc1)c1ccc(Cl)cc1. The normalized spacial score (nSPS) is 12.2. The van der Waals surface area contributed by atoms with Crippen molar-refractivity contribution in [2.75, 3.05) is 6.54 Å². The van der Waals surface area contributed by atoms with Crippen molar-refractivity contribution in [1.82, 2.24) is 10.3 Å². The first kappa shape index (κ1) is 16.5. The largest absolute Gasteiger partial charge is 0.355 e. The summed E-state index contributed by atoms with van der Waals surface area (Å²) >= 11 is 5.95. The van der Waals surface area contributed by atoms with Gasteiger partial charge in [0, 0.05) is 24.0 Å². The number of carbonyl (C=O) groups excluding carboxylic acids is 1. The van der Waals surface area contributed by atoms with E-state index in [0.29, 0.717) is 23.9 Å². The molecule has 22 heavy (non-hydrogen) atoms. The molecule has 0 radical (unpaired) electrons. The number of halogens is 1. The molecule has 1 atom stereocenters. The van der Waals surface area contributed by atoms with Gasteiger partial charge in [-0.1, -0.05) is 43.6 Å². The fraction of sp³-hybridized carbons (Fsp3) is 0.333. The standard InChI is InChI=1S/C18H21ClN2O/c1-13(2)11-21-18(22)17(10-14-4-3-9-20-12-14)15-5-7-16(19)8-6-15/h3-9,12-13,17H,10-11H2,1-2H3,(H,21,22). The molecule has 1 unspecified atom stereocenters. The van der Waals surface area contributed by atoms with Crippen molar-refractivity contribution in [3.05, 3.63) is 64.9 Å². The van der Waals surface area contributed by atoms with Crippen LogP contribution >= 0.6 is 11.6 Å². The van der Waals surface area contributed by atoms with Gasteiger partial charge in [-0.15, -0.1) is 0 Å². The molecule has 3 nitrogen and oxygen atoms in total. The first-order chi connectivity index (χ1) is 10.6. The second-order valence-electron chi connectivity index (χ2n) is 5.81. The van der Waals surface area contributed by atoms with Crippen molar-refractivity contribution < 1.29 is 4.79 Å². The lowest BCUT2D eigenvalue weighted by molar-refractivity contribution is -0.122. The molecule has 0 aliphatic heterocycles. The van der Waals surface area contributed by atoms with Gasteiger partial charge in [0.2, 0.25) is 5.91 Å². The number of amides is 1. The monoisotopic (exact) mass is 316 g/mol. The Balaban J connectivity index is 2.20. The van der Waals surface area contributed by atoms with Crippen LogP contribution in [0.2, 0.25) is 5.02 Å². The van der Waals surface area contributed by atoms with E-state index >= 15 is 0 Å². The molecule has 4 heteroatoms. The molecule has 2 rings (SSSR count). The number of nitrogens with zero attached hydrogens (tertiary/aromatic N) is 1. The third kappa shape index (κ3) is 4.85. The summed E-state index contributed by atoms with van der Waals surface area (Å²) in [5.41, 5.74) is 2.01. The molecule has 1 aromatic carbocycles. The molecule has 1 N–H and O–H groups in total. The number of carbonyl (C=O) groups is 1. The van der Waals surface area contributed by atoms with Crippen LogP contribution in [0.4, 0.5) is 0 Å². The molecule has 1 aromatic heterocycles. The van der Waals surface area contributed by atoms with Crippen LogP contribution in [0, 0.1) is 5.92 Å². The molecular weight excluding hydrogens is 296 g/mol. The van der Waals surface area contributed by atoms with Crippen LogP contribution in [0.5, 0.6) is 0 Å². The summed E-state index contributed by atoms with van der Waals surface area (Å²) in [5.74, 6) is 0.230. The molecule has 0 fully saturated rings. The van der Waals surface area contributed by atoms with Gasteiger partial charge in [0.05, 0.1) is 5.92 Å². The summed E-state index contributed by atoms with van der Waals surface area (Å²) in [4.78, 5) is 16.7. The van der Waals surface area contributed by atoms with E-state index in [4.69, 9.17) is 11.6 Å². The number of nitrogens with one attached hydrogen (secondary N) is 1. The van der Waals surface area contributed by atoms with Crippen molar-refractivity contribution in [3.63, 3.8) is 0 Å². The van der Waals surface area contributed by atoms with E-state index < -0.39 is 0 Å². The summed E-state index contributed by atoms with van der Waals surface area (Å²) in [6.45, 7) is 4.84. The number of pyridine rings is 1. The Kier molecular flexibility index (Phi) is 5.96. The van der Waals surface area contributed by atoms with E-state index in [1.807, 2.05) is 36.4 Å². The molecule has 0 saturated heterocycles. The van der Waals surface area contributed by atoms with Gasteiger partial charge in [0.15, 0.2) is 0 Å². The molecule has 0 aliphatic carbocycles. The maximum Gasteiger partial charge on any atom is 0.227 e. The second-order valence-corrected chi connectivity index (χ2v) is 6.24. The van der Waals surface area contributed by atoms with Crippen molar-refractivity contribution in [2.45, 2.75) is 26.2 Å². The van der Waals surface area contributed by atoms with Gasteiger partial charge >= 0.3 is 0 Å². The van der Waals surface area contributed by atoms with Gasteiger partial charge in [-0.25, -0.2) is 0 Å². The van der Waals surface area contributed by atoms with Crippen LogP contribution in [0.1, 0.15) is 30.9 Å². The Labute approximate surface area is 136 Å². The average Bonchev–Trinajstić information content (AvgIpc) is 2.52. The molecule has 0 spiro atoms. The van der Waals surface area contributed by atoms with E-state index in [1.54, 1.807) is 12.4 Å². The summed E-state index contributed by atoms with van der Waals surface area (Å²) in [5, 5.41) is 3.70. The van der Waals surface area contributed by atoms with E-state index in [2.05, 4.69) is 24.1 Å². The highest BCUT2D eigenvalue weighted by Crippen LogP contribution is 2.23. The van der Waals surface area contributed by atoms with Gasteiger partial charge in [-0.3, -0.25) is 9.78 Å². The molecule has 1 heterocycles. The predicted octanol–water partition coefficient (Wildman–Crippen LogP) is 3.83. The lowest BCUT2D eigenvalue weighted by atomic mass is 9.91. The molecule has 116 valence electrons. The number of hydrogen-bond donors (Lipinski definition) is 1. The minimum atomic E-state index is -0.236. The van der Waals surface area contributed by atoms with Crippen LogP contribution in [0.25, 0.3) is 0 Å². The highest BCUT2D eigenvalue weighted by atomic mass is 35.5. The molecule has 1 amide bonds. The summed E-state index contributed by atoms with van der Waals surface area (Å²) in [6.07, 6.45) is 4.16. The quantitative estimate of drug-likeness (QED) is 0.880. The van der Waals surface area contributed by atoms with E-state index in [9.17, 15) is 4.79 Å². The van der Waals surface area contributed by atoms with Gasteiger partial charge in [-0.05, 0) is 41.7 Å². The minimum absolute atomic E-state index is 0.0416. The number of hydrogen-bond acceptors (Lipinski definition) is 2. The van der Waals surface area contributed by atoms with Crippen LogP contribution in [-0.4, -0.2) is 17.4 Å². The van der Waals surface area contributed by atoms with E-state index in [1.165, 1.54) is 0 Å². The van der Waals surface area contributed by atoms with Gasteiger partial charge in [0.25, 0.3) is 0 Å². The summed E-state index contributed by atoms with van der Waals surface area (Å²) < 4.78 is 0. The number of benzene rings is 1. The Hall–Kier alpha value is -1.87. The molecule has 0 saturated carbocycles.